The van der Waals surface area contributed by atoms with Gasteiger partial charge in [0.25, 0.3) is 0 Å². The van der Waals surface area contributed by atoms with Crippen molar-refractivity contribution < 1.29 is 9.18 Å². The molecule has 0 bridgehead atoms. The van der Waals surface area contributed by atoms with E-state index in [0.29, 0.717) is 24.7 Å². The van der Waals surface area contributed by atoms with Gasteiger partial charge in [-0.1, -0.05) is 24.3 Å². The van der Waals surface area contributed by atoms with Gasteiger partial charge in [-0.05, 0) is 32.4 Å². The summed E-state index contributed by atoms with van der Waals surface area (Å²) in [6.45, 7) is 7.41. The number of carbonyl (C=O) groups is 1. The fourth-order valence-electron chi connectivity index (χ4n) is 2.83. The second kappa shape index (κ2) is 7.36. The third kappa shape index (κ3) is 4.14. The van der Waals surface area contributed by atoms with Crippen LogP contribution < -0.4 is 5.32 Å². The fourth-order valence-corrected chi connectivity index (χ4v) is 2.83. The molecule has 3 nitrogen and oxygen atoms in total. The first-order valence-electron chi connectivity index (χ1n) is 7.48. The quantitative estimate of drug-likeness (QED) is 0.846. The molecule has 0 saturated carbocycles. The number of nitrogens with zero attached hydrogens (tertiary/aromatic N) is 1. The molecule has 1 aromatic carbocycles. The maximum atomic E-state index is 13.8. The average Bonchev–Trinajstić information content (AvgIpc) is 2.48. The summed E-state index contributed by atoms with van der Waals surface area (Å²) in [5, 5.41) is 3.35. The average molecular weight is 290 g/mol. The van der Waals surface area contributed by atoms with Crippen LogP contribution in [0.2, 0.25) is 0 Å². The van der Waals surface area contributed by atoms with E-state index in [0.717, 1.165) is 19.4 Å². The number of benzene rings is 1. The van der Waals surface area contributed by atoms with Gasteiger partial charge in [0.15, 0.2) is 0 Å². The SMILES string of the molecule is C=CCN(Cc1ccccc1F)C(=O)[C@H]1CCN[C@@H](C)C1. The summed E-state index contributed by atoms with van der Waals surface area (Å²) in [6.07, 6.45) is 3.38. The van der Waals surface area contributed by atoms with E-state index in [4.69, 9.17) is 0 Å². The summed E-state index contributed by atoms with van der Waals surface area (Å²) in [5.74, 6) is -0.141. The Labute approximate surface area is 125 Å². The van der Waals surface area contributed by atoms with Gasteiger partial charge < -0.3 is 10.2 Å². The highest BCUT2D eigenvalue weighted by molar-refractivity contribution is 5.79. The molecule has 1 aliphatic rings. The van der Waals surface area contributed by atoms with E-state index in [2.05, 4.69) is 18.8 Å². The number of rotatable bonds is 5. The third-order valence-corrected chi connectivity index (χ3v) is 3.95. The summed E-state index contributed by atoms with van der Waals surface area (Å²) >= 11 is 0. The summed E-state index contributed by atoms with van der Waals surface area (Å²) in [5.41, 5.74) is 0.551. The Morgan fingerprint density at radius 2 is 2.29 bits per heavy atom. The number of halogens is 1. The lowest BCUT2D eigenvalue weighted by molar-refractivity contribution is -0.136. The van der Waals surface area contributed by atoms with Crippen molar-refractivity contribution in [3.05, 3.63) is 48.3 Å². The molecular formula is C17H23FN2O. The largest absolute Gasteiger partial charge is 0.334 e. The lowest BCUT2D eigenvalue weighted by Gasteiger charge is -2.32. The van der Waals surface area contributed by atoms with E-state index in [1.165, 1.54) is 6.07 Å². The maximum Gasteiger partial charge on any atom is 0.226 e. The molecule has 1 fully saturated rings. The van der Waals surface area contributed by atoms with Crippen molar-refractivity contribution >= 4 is 5.91 Å². The Bertz CT molecular complexity index is 503. The van der Waals surface area contributed by atoms with Crippen LogP contribution in [0, 0.1) is 11.7 Å². The molecule has 2 atom stereocenters. The third-order valence-electron chi connectivity index (χ3n) is 3.95. The van der Waals surface area contributed by atoms with Crippen LogP contribution in [0.1, 0.15) is 25.3 Å². The van der Waals surface area contributed by atoms with Crippen LogP contribution in [0.3, 0.4) is 0 Å². The standard InChI is InChI=1S/C17H23FN2O/c1-3-10-20(12-15-6-4-5-7-16(15)18)17(21)14-8-9-19-13(2)11-14/h3-7,13-14,19H,1,8-12H2,2H3/t13-,14-/m0/s1. The molecule has 1 N–H and O–H groups in total. The van der Waals surface area contributed by atoms with Gasteiger partial charge in [0, 0.05) is 30.6 Å². The molecule has 0 aromatic heterocycles. The van der Waals surface area contributed by atoms with Crippen LogP contribution in [0.25, 0.3) is 0 Å². The number of hydrogen-bond donors (Lipinski definition) is 1. The fraction of sp³-hybridized carbons (Fsp3) is 0.471. The minimum atomic E-state index is -0.266. The zero-order chi connectivity index (χ0) is 15.2. The lowest BCUT2D eigenvalue weighted by Crippen LogP contribution is -2.44. The minimum Gasteiger partial charge on any atom is -0.334 e. The first-order valence-corrected chi connectivity index (χ1v) is 7.48. The van der Waals surface area contributed by atoms with E-state index in [1.54, 1.807) is 29.2 Å². The predicted octanol–water partition coefficient (Wildman–Crippen LogP) is 2.73. The molecule has 1 saturated heterocycles. The molecule has 0 spiro atoms. The molecule has 0 aliphatic carbocycles. The van der Waals surface area contributed by atoms with E-state index in [1.807, 2.05) is 0 Å². The molecule has 21 heavy (non-hydrogen) atoms. The molecule has 0 radical (unpaired) electrons. The smallest absolute Gasteiger partial charge is 0.226 e. The van der Waals surface area contributed by atoms with Crippen molar-refractivity contribution in [3.63, 3.8) is 0 Å². The number of hydrogen-bond acceptors (Lipinski definition) is 2. The molecule has 114 valence electrons. The predicted molar refractivity (Wildman–Crippen MR) is 82.2 cm³/mol. The summed E-state index contributed by atoms with van der Waals surface area (Å²) in [6, 6.07) is 6.96. The van der Waals surface area contributed by atoms with Gasteiger partial charge in [-0.2, -0.15) is 0 Å². The van der Waals surface area contributed by atoms with Crippen LogP contribution in [0.4, 0.5) is 4.39 Å². The highest BCUT2D eigenvalue weighted by atomic mass is 19.1. The normalized spacial score (nSPS) is 21.8. The van der Waals surface area contributed by atoms with Gasteiger partial charge in [0.2, 0.25) is 5.91 Å². The van der Waals surface area contributed by atoms with E-state index < -0.39 is 0 Å². The summed E-state index contributed by atoms with van der Waals surface area (Å²) in [7, 11) is 0. The Balaban J connectivity index is 2.09. The number of piperidine rings is 1. The zero-order valence-corrected chi connectivity index (χ0v) is 12.5. The lowest BCUT2D eigenvalue weighted by atomic mass is 9.92. The molecule has 2 rings (SSSR count). The molecule has 1 aliphatic heterocycles. The number of amides is 1. The number of nitrogens with one attached hydrogen (secondary N) is 1. The Morgan fingerprint density at radius 3 is 2.95 bits per heavy atom. The molecule has 1 heterocycles. The highest BCUT2D eigenvalue weighted by Gasteiger charge is 2.28. The van der Waals surface area contributed by atoms with Crippen LogP contribution in [0.5, 0.6) is 0 Å². The number of carbonyl (C=O) groups excluding carboxylic acids is 1. The van der Waals surface area contributed by atoms with Crippen molar-refractivity contribution in [2.45, 2.75) is 32.4 Å². The monoisotopic (exact) mass is 290 g/mol. The molecule has 1 amide bonds. The van der Waals surface area contributed by atoms with Gasteiger partial charge in [-0.15, -0.1) is 6.58 Å². The highest BCUT2D eigenvalue weighted by Crippen LogP contribution is 2.20. The van der Waals surface area contributed by atoms with Crippen molar-refractivity contribution in [3.8, 4) is 0 Å². The van der Waals surface area contributed by atoms with Crippen molar-refractivity contribution in [2.24, 2.45) is 5.92 Å². The van der Waals surface area contributed by atoms with Gasteiger partial charge in [-0.3, -0.25) is 4.79 Å². The second-order valence-electron chi connectivity index (χ2n) is 5.68. The van der Waals surface area contributed by atoms with Crippen LogP contribution in [-0.4, -0.2) is 29.9 Å². The molecule has 1 aromatic rings. The van der Waals surface area contributed by atoms with Crippen LogP contribution in [-0.2, 0) is 11.3 Å². The van der Waals surface area contributed by atoms with E-state index >= 15 is 0 Å². The van der Waals surface area contributed by atoms with Crippen molar-refractivity contribution in [2.75, 3.05) is 13.1 Å². The zero-order valence-electron chi connectivity index (χ0n) is 12.5. The van der Waals surface area contributed by atoms with Crippen molar-refractivity contribution in [1.82, 2.24) is 10.2 Å². The Kier molecular flexibility index (Phi) is 5.51. The molecular weight excluding hydrogens is 267 g/mol. The van der Waals surface area contributed by atoms with Gasteiger partial charge in [-0.25, -0.2) is 4.39 Å². The van der Waals surface area contributed by atoms with Crippen LogP contribution >= 0.6 is 0 Å². The summed E-state index contributed by atoms with van der Waals surface area (Å²) < 4.78 is 13.8. The first kappa shape index (κ1) is 15.7. The van der Waals surface area contributed by atoms with E-state index in [-0.39, 0.29) is 17.6 Å². The van der Waals surface area contributed by atoms with Crippen molar-refractivity contribution in [1.29, 1.82) is 0 Å². The molecule has 4 heteroatoms. The minimum absolute atomic E-state index is 0.0213. The summed E-state index contributed by atoms with van der Waals surface area (Å²) in [4.78, 5) is 14.4. The maximum absolute atomic E-state index is 13.8. The Morgan fingerprint density at radius 1 is 1.52 bits per heavy atom. The van der Waals surface area contributed by atoms with Gasteiger partial charge in [0.1, 0.15) is 5.82 Å². The second-order valence-corrected chi connectivity index (χ2v) is 5.68. The van der Waals surface area contributed by atoms with Gasteiger partial charge in [0.05, 0.1) is 0 Å². The van der Waals surface area contributed by atoms with Gasteiger partial charge >= 0.3 is 0 Å². The Hall–Kier alpha value is -1.68. The van der Waals surface area contributed by atoms with Crippen LogP contribution in [0.15, 0.2) is 36.9 Å². The van der Waals surface area contributed by atoms with E-state index in [9.17, 15) is 9.18 Å². The molecule has 0 unspecified atom stereocenters. The first-order chi connectivity index (χ1) is 10.1. The topological polar surface area (TPSA) is 32.3 Å².